The highest BCUT2D eigenvalue weighted by atomic mass is 16.1. The number of Topliss-reactive ketones (excluding diaryl/α,β-unsaturated/α-hetero) is 2. The van der Waals surface area contributed by atoms with Gasteiger partial charge >= 0.3 is 0 Å². The summed E-state index contributed by atoms with van der Waals surface area (Å²) in [6.07, 6.45) is 11.9. The zero-order valence-electron chi connectivity index (χ0n) is 22.2. The van der Waals surface area contributed by atoms with Crippen LogP contribution in [0.5, 0.6) is 0 Å². The van der Waals surface area contributed by atoms with E-state index in [9.17, 15) is 9.59 Å². The van der Waals surface area contributed by atoms with Gasteiger partial charge < -0.3 is 0 Å². The lowest BCUT2D eigenvalue weighted by Gasteiger charge is -2.72. The number of ketones is 2. The summed E-state index contributed by atoms with van der Waals surface area (Å²) in [5, 5.41) is 0. The molecule has 2 nitrogen and oxygen atoms in total. The number of hydrogen-bond acceptors (Lipinski definition) is 2. The van der Waals surface area contributed by atoms with Gasteiger partial charge in [-0.3, -0.25) is 9.59 Å². The molecule has 0 aromatic carbocycles. The molecule has 0 saturated heterocycles. The van der Waals surface area contributed by atoms with Gasteiger partial charge in [0.25, 0.3) is 0 Å². The maximum absolute atomic E-state index is 13.0. The van der Waals surface area contributed by atoms with Crippen LogP contribution in [0.1, 0.15) is 120 Å². The fourth-order valence-corrected chi connectivity index (χ4v) is 11.6. The summed E-state index contributed by atoms with van der Waals surface area (Å²) in [6.45, 7) is 19.1. The number of carbonyl (C=O) groups is 2. The highest BCUT2D eigenvalue weighted by Crippen LogP contribution is 2.78. The van der Waals surface area contributed by atoms with E-state index in [0.717, 1.165) is 19.3 Å². The summed E-state index contributed by atoms with van der Waals surface area (Å²) in [5.74, 6) is 3.37. The minimum Gasteiger partial charge on any atom is -0.299 e. The highest BCUT2D eigenvalue weighted by molar-refractivity contribution is 5.85. The van der Waals surface area contributed by atoms with Crippen LogP contribution < -0.4 is 0 Å². The standard InChI is InChI=1S/C30H48O2/c1-19(31)27(5)17-15-26(4)16-18-29(7)20(24(26)27)9-10-22-28(6)13-12-23(32)25(2,3)21(28)11-14-30(22,29)8/h20-22,24H,9-18H2,1-8H3. The third kappa shape index (κ3) is 2.49. The number of hydrogen-bond donors (Lipinski definition) is 0. The predicted octanol–water partition coefficient (Wildman–Crippen LogP) is 7.64. The third-order valence-electron chi connectivity index (χ3n) is 13.8. The molecule has 9 unspecified atom stereocenters. The van der Waals surface area contributed by atoms with Gasteiger partial charge in [-0.15, -0.1) is 0 Å². The molecule has 5 saturated carbocycles. The normalized spacial score (nSPS) is 56.6. The molecule has 0 heterocycles. The monoisotopic (exact) mass is 440 g/mol. The maximum Gasteiger partial charge on any atom is 0.138 e. The fraction of sp³-hybridized carbons (Fsp3) is 0.933. The average Bonchev–Trinajstić information content (AvgIpc) is 2.99. The Morgan fingerprint density at radius 1 is 0.750 bits per heavy atom. The lowest BCUT2D eigenvalue weighted by molar-refractivity contribution is -0.237. The molecule has 0 bridgehead atoms. The van der Waals surface area contributed by atoms with Gasteiger partial charge in [0, 0.05) is 17.3 Å². The second-order valence-electron chi connectivity index (χ2n) is 14.9. The predicted molar refractivity (Wildman–Crippen MR) is 130 cm³/mol. The number of carbonyl (C=O) groups excluding carboxylic acids is 2. The van der Waals surface area contributed by atoms with Crippen LogP contribution in [0.4, 0.5) is 0 Å². The van der Waals surface area contributed by atoms with Crippen molar-refractivity contribution in [1.29, 1.82) is 0 Å². The molecule has 9 atom stereocenters. The Bertz CT molecular complexity index is 857. The summed E-state index contributed by atoms with van der Waals surface area (Å²) in [4.78, 5) is 25.9. The van der Waals surface area contributed by atoms with Crippen LogP contribution in [-0.4, -0.2) is 11.6 Å². The van der Waals surface area contributed by atoms with Crippen LogP contribution in [0.25, 0.3) is 0 Å². The van der Waals surface area contributed by atoms with E-state index in [2.05, 4.69) is 48.5 Å². The smallest absolute Gasteiger partial charge is 0.138 e. The Balaban J connectivity index is 1.57. The fourth-order valence-electron chi connectivity index (χ4n) is 11.6. The molecule has 0 aliphatic heterocycles. The maximum atomic E-state index is 13.0. The Morgan fingerprint density at radius 2 is 1.41 bits per heavy atom. The average molecular weight is 441 g/mol. The lowest BCUT2D eigenvalue weighted by Crippen LogP contribution is -2.66. The molecule has 0 aromatic rings. The molecule has 0 amide bonds. The van der Waals surface area contributed by atoms with Gasteiger partial charge in [0.05, 0.1) is 0 Å². The van der Waals surface area contributed by atoms with Gasteiger partial charge in [-0.2, -0.15) is 0 Å². The largest absolute Gasteiger partial charge is 0.299 e. The topological polar surface area (TPSA) is 34.1 Å². The first kappa shape index (κ1) is 23.1. The van der Waals surface area contributed by atoms with E-state index in [1.165, 1.54) is 44.9 Å². The van der Waals surface area contributed by atoms with Crippen LogP contribution in [0, 0.1) is 56.2 Å². The van der Waals surface area contributed by atoms with E-state index in [4.69, 9.17) is 0 Å². The van der Waals surface area contributed by atoms with Crippen LogP contribution in [0.3, 0.4) is 0 Å². The minimum atomic E-state index is -0.171. The van der Waals surface area contributed by atoms with Crippen molar-refractivity contribution in [3.63, 3.8) is 0 Å². The first-order chi connectivity index (χ1) is 14.7. The van der Waals surface area contributed by atoms with Gasteiger partial charge in [0.2, 0.25) is 0 Å². The second-order valence-corrected chi connectivity index (χ2v) is 14.9. The van der Waals surface area contributed by atoms with Gasteiger partial charge in [-0.25, -0.2) is 0 Å². The quantitative estimate of drug-likeness (QED) is 0.420. The first-order valence-corrected chi connectivity index (χ1v) is 13.7. The van der Waals surface area contributed by atoms with Crippen molar-refractivity contribution in [3.05, 3.63) is 0 Å². The molecule has 0 spiro atoms. The SMILES string of the molecule is CC(=O)C1(C)CCC2(C)CCC3(C)C(CCC4C5(C)CCC(=O)C(C)(C)C5CCC43C)C21. The zero-order chi connectivity index (χ0) is 23.5. The van der Waals surface area contributed by atoms with Crippen LogP contribution in [0.15, 0.2) is 0 Å². The molecule has 5 rings (SSSR count). The third-order valence-corrected chi connectivity index (χ3v) is 13.8. The first-order valence-electron chi connectivity index (χ1n) is 13.7. The van der Waals surface area contributed by atoms with E-state index in [1.54, 1.807) is 0 Å². The summed E-state index contributed by atoms with van der Waals surface area (Å²) in [7, 11) is 0. The zero-order valence-corrected chi connectivity index (χ0v) is 22.2. The summed E-state index contributed by atoms with van der Waals surface area (Å²) < 4.78 is 0. The molecule has 2 heteroatoms. The Morgan fingerprint density at radius 3 is 2.06 bits per heavy atom. The van der Waals surface area contributed by atoms with Crippen molar-refractivity contribution in [2.24, 2.45) is 56.2 Å². The molecule has 32 heavy (non-hydrogen) atoms. The minimum absolute atomic E-state index is 0.134. The number of fused-ring (bicyclic) bond motifs is 7. The molecule has 5 aliphatic rings. The number of rotatable bonds is 1. The van der Waals surface area contributed by atoms with E-state index in [-0.39, 0.29) is 16.2 Å². The van der Waals surface area contributed by atoms with Gasteiger partial charge in [-0.1, -0.05) is 48.5 Å². The van der Waals surface area contributed by atoms with Crippen LogP contribution in [-0.2, 0) is 9.59 Å². The summed E-state index contributed by atoms with van der Waals surface area (Å²) in [6, 6.07) is 0. The van der Waals surface area contributed by atoms with Crippen LogP contribution >= 0.6 is 0 Å². The Kier molecular flexibility index (Phi) is 4.70. The van der Waals surface area contributed by atoms with E-state index in [0.29, 0.717) is 51.5 Å². The highest BCUT2D eigenvalue weighted by Gasteiger charge is 2.71. The molecular formula is C30H48O2. The van der Waals surface area contributed by atoms with Gasteiger partial charge in [0.15, 0.2) is 0 Å². The van der Waals surface area contributed by atoms with E-state index in [1.807, 2.05) is 6.92 Å². The lowest BCUT2D eigenvalue weighted by atomic mass is 9.32. The summed E-state index contributed by atoms with van der Waals surface area (Å²) in [5.41, 5.74) is 0.938. The van der Waals surface area contributed by atoms with Crippen molar-refractivity contribution >= 4 is 11.6 Å². The second kappa shape index (κ2) is 6.51. The van der Waals surface area contributed by atoms with Crippen molar-refractivity contribution in [2.75, 3.05) is 0 Å². The Hall–Kier alpha value is -0.660. The van der Waals surface area contributed by atoms with Crippen LogP contribution in [0.2, 0.25) is 0 Å². The molecule has 0 radical (unpaired) electrons. The van der Waals surface area contributed by atoms with Crippen molar-refractivity contribution in [3.8, 4) is 0 Å². The van der Waals surface area contributed by atoms with E-state index < -0.39 is 0 Å². The van der Waals surface area contributed by atoms with Gasteiger partial charge in [0.1, 0.15) is 11.6 Å². The van der Waals surface area contributed by atoms with Gasteiger partial charge in [-0.05, 0) is 110 Å². The van der Waals surface area contributed by atoms with Crippen molar-refractivity contribution < 1.29 is 9.59 Å². The Labute approximate surface area is 197 Å². The molecule has 180 valence electrons. The molecule has 0 N–H and O–H groups in total. The van der Waals surface area contributed by atoms with Crippen molar-refractivity contribution in [1.82, 2.24) is 0 Å². The van der Waals surface area contributed by atoms with E-state index >= 15 is 0 Å². The molecular weight excluding hydrogens is 392 g/mol. The molecule has 5 aliphatic carbocycles. The summed E-state index contributed by atoms with van der Waals surface area (Å²) >= 11 is 0. The molecule has 5 fully saturated rings. The molecule has 0 aromatic heterocycles. The van der Waals surface area contributed by atoms with Crippen molar-refractivity contribution in [2.45, 2.75) is 120 Å².